The van der Waals surface area contributed by atoms with Crippen molar-refractivity contribution in [1.29, 1.82) is 0 Å². The van der Waals surface area contributed by atoms with Crippen molar-refractivity contribution in [3.63, 3.8) is 0 Å². The molecule has 0 saturated carbocycles. The third kappa shape index (κ3) is 4.33. The van der Waals surface area contributed by atoms with E-state index in [9.17, 15) is 13.2 Å². The number of benzene rings is 1. The summed E-state index contributed by atoms with van der Waals surface area (Å²) in [5.41, 5.74) is 2.78. The zero-order valence-electron chi connectivity index (χ0n) is 11.7. The lowest BCUT2D eigenvalue weighted by atomic mass is 10.1. The van der Waals surface area contributed by atoms with Gasteiger partial charge in [0.1, 0.15) is 0 Å². The SMILES string of the molecule is CCc1cccc(C)c1NC(=O)CN(C)S(C)(=O)=O. The molecular formula is C13H20N2O3S. The first-order valence-electron chi connectivity index (χ1n) is 6.05. The van der Waals surface area contributed by atoms with Crippen LogP contribution < -0.4 is 5.32 Å². The second-order valence-corrected chi connectivity index (χ2v) is 6.62. The number of likely N-dealkylation sites (N-methyl/N-ethyl adjacent to an activating group) is 1. The molecule has 106 valence electrons. The van der Waals surface area contributed by atoms with Gasteiger partial charge in [0.15, 0.2) is 0 Å². The van der Waals surface area contributed by atoms with Crippen molar-refractivity contribution in [1.82, 2.24) is 4.31 Å². The maximum atomic E-state index is 11.9. The molecule has 0 heterocycles. The highest BCUT2D eigenvalue weighted by Gasteiger charge is 2.16. The Morgan fingerprint density at radius 3 is 2.53 bits per heavy atom. The summed E-state index contributed by atoms with van der Waals surface area (Å²) in [5.74, 6) is -0.336. The first-order chi connectivity index (χ1) is 8.75. The highest BCUT2D eigenvalue weighted by Crippen LogP contribution is 2.20. The normalized spacial score (nSPS) is 11.6. The van der Waals surface area contributed by atoms with Crippen molar-refractivity contribution >= 4 is 21.6 Å². The number of anilines is 1. The van der Waals surface area contributed by atoms with Crippen LogP contribution in [0.15, 0.2) is 18.2 Å². The van der Waals surface area contributed by atoms with E-state index in [4.69, 9.17) is 0 Å². The number of hydrogen-bond donors (Lipinski definition) is 1. The molecule has 0 spiro atoms. The second-order valence-electron chi connectivity index (χ2n) is 4.53. The highest BCUT2D eigenvalue weighted by molar-refractivity contribution is 7.88. The van der Waals surface area contributed by atoms with Crippen LogP contribution in [0.25, 0.3) is 0 Å². The molecule has 1 amide bonds. The van der Waals surface area contributed by atoms with Crippen LogP contribution in [0.4, 0.5) is 5.69 Å². The molecule has 0 fully saturated rings. The quantitative estimate of drug-likeness (QED) is 0.888. The number of nitrogens with zero attached hydrogens (tertiary/aromatic N) is 1. The molecule has 1 N–H and O–H groups in total. The Kier molecular flexibility index (Phi) is 5.08. The van der Waals surface area contributed by atoms with Gasteiger partial charge in [0.05, 0.1) is 12.8 Å². The van der Waals surface area contributed by atoms with Crippen molar-refractivity contribution in [2.45, 2.75) is 20.3 Å². The zero-order valence-corrected chi connectivity index (χ0v) is 12.5. The lowest BCUT2D eigenvalue weighted by Gasteiger charge is -2.16. The van der Waals surface area contributed by atoms with E-state index >= 15 is 0 Å². The molecule has 0 aromatic heterocycles. The van der Waals surface area contributed by atoms with Gasteiger partial charge >= 0.3 is 0 Å². The second kappa shape index (κ2) is 6.16. The van der Waals surface area contributed by atoms with Gasteiger partial charge in [0.25, 0.3) is 0 Å². The van der Waals surface area contributed by atoms with Crippen molar-refractivity contribution < 1.29 is 13.2 Å². The van der Waals surface area contributed by atoms with Crippen LogP contribution >= 0.6 is 0 Å². The van der Waals surface area contributed by atoms with E-state index in [1.165, 1.54) is 7.05 Å². The Hall–Kier alpha value is -1.40. The number of aryl methyl sites for hydroxylation is 2. The predicted octanol–water partition coefficient (Wildman–Crippen LogP) is 1.39. The van der Waals surface area contributed by atoms with Crippen molar-refractivity contribution in [2.75, 3.05) is 25.2 Å². The van der Waals surface area contributed by atoms with Crippen LogP contribution in [-0.4, -0.2) is 38.5 Å². The average Bonchev–Trinajstić information content (AvgIpc) is 2.30. The number of para-hydroxylation sites is 1. The molecule has 0 aliphatic rings. The molecule has 19 heavy (non-hydrogen) atoms. The monoisotopic (exact) mass is 284 g/mol. The lowest BCUT2D eigenvalue weighted by molar-refractivity contribution is -0.116. The summed E-state index contributed by atoms with van der Waals surface area (Å²) in [5, 5.41) is 2.79. The van der Waals surface area contributed by atoms with Gasteiger partial charge in [0, 0.05) is 12.7 Å². The Bertz CT molecular complexity index is 567. The first kappa shape index (κ1) is 15.7. The third-order valence-electron chi connectivity index (χ3n) is 2.94. The summed E-state index contributed by atoms with van der Waals surface area (Å²) < 4.78 is 23.5. The maximum absolute atomic E-state index is 11.9. The predicted molar refractivity (Wildman–Crippen MR) is 76.7 cm³/mol. The van der Waals surface area contributed by atoms with Crippen LogP contribution in [0.1, 0.15) is 18.1 Å². The lowest BCUT2D eigenvalue weighted by Crippen LogP contribution is -2.34. The van der Waals surface area contributed by atoms with Crippen molar-refractivity contribution in [3.8, 4) is 0 Å². The van der Waals surface area contributed by atoms with Crippen molar-refractivity contribution in [2.24, 2.45) is 0 Å². The molecule has 6 heteroatoms. The number of carbonyl (C=O) groups is 1. The molecule has 1 rings (SSSR count). The Labute approximate surface area is 114 Å². The van der Waals surface area contributed by atoms with Crippen LogP contribution in [-0.2, 0) is 21.2 Å². The smallest absolute Gasteiger partial charge is 0.239 e. The molecule has 0 aliphatic heterocycles. The van der Waals surface area contributed by atoms with E-state index < -0.39 is 10.0 Å². The van der Waals surface area contributed by atoms with Crippen LogP contribution in [0.3, 0.4) is 0 Å². The van der Waals surface area contributed by atoms with Crippen LogP contribution in [0, 0.1) is 6.92 Å². The molecule has 0 atom stereocenters. The summed E-state index contributed by atoms with van der Waals surface area (Å²) in [7, 11) is -1.96. The molecule has 0 saturated heterocycles. The molecule has 1 aromatic rings. The number of carbonyl (C=O) groups excluding carboxylic acids is 1. The first-order valence-corrected chi connectivity index (χ1v) is 7.90. The minimum Gasteiger partial charge on any atom is -0.324 e. The van der Waals surface area contributed by atoms with E-state index in [0.29, 0.717) is 0 Å². The summed E-state index contributed by atoms with van der Waals surface area (Å²) in [6, 6.07) is 5.80. The van der Waals surface area contributed by atoms with Gasteiger partial charge in [-0.2, -0.15) is 4.31 Å². The van der Waals surface area contributed by atoms with E-state index in [0.717, 1.165) is 33.8 Å². The minimum atomic E-state index is -3.34. The number of sulfonamides is 1. The molecule has 0 unspecified atom stereocenters. The topological polar surface area (TPSA) is 66.5 Å². The Morgan fingerprint density at radius 1 is 1.37 bits per heavy atom. The fourth-order valence-electron chi connectivity index (χ4n) is 1.70. The molecule has 0 radical (unpaired) electrons. The Balaban J connectivity index is 2.84. The highest BCUT2D eigenvalue weighted by atomic mass is 32.2. The van der Waals surface area contributed by atoms with Gasteiger partial charge in [-0.05, 0) is 24.5 Å². The fourth-order valence-corrected chi connectivity index (χ4v) is 2.05. The largest absolute Gasteiger partial charge is 0.324 e. The van der Waals surface area contributed by atoms with Gasteiger partial charge in [-0.3, -0.25) is 4.79 Å². The van der Waals surface area contributed by atoms with E-state index in [2.05, 4.69) is 5.32 Å². The standard InChI is InChI=1S/C13H20N2O3S/c1-5-11-8-6-7-10(2)13(11)14-12(16)9-15(3)19(4,17)18/h6-8H,5,9H2,1-4H3,(H,14,16). The van der Waals surface area contributed by atoms with E-state index in [1.54, 1.807) is 0 Å². The minimum absolute atomic E-state index is 0.184. The van der Waals surface area contributed by atoms with Crippen molar-refractivity contribution in [3.05, 3.63) is 29.3 Å². The number of nitrogens with one attached hydrogen (secondary N) is 1. The summed E-state index contributed by atoms with van der Waals surface area (Å²) in [6.07, 6.45) is 1.88. The van der Waals surface area contributed by atoms with Gasteiger partial charge < -0.3 is 5.32 Å². The average molecular weight is 284 g/mol. The number of rotatable bonds is 5. The van der Waals surface area contributed by atoms with Gasteiger partial charge in [-0.1, -0.05) is 25.1 Å². The number of amides is 1. The summed E-state index contributed by atoms with van der Waals surface area (Å²) in [4.78, 5) is 11.9. The number of hydrogen-bond acceptors (Lipinski definition) is 3. The van der Waals surface area contributed by atoms with E-state index in [-0.39, 0.29) is 12.5 Å². The van der Waals surface area contributed by atoms with Gasteiger partial charge in [-0.15, -0.1) is 0 Å². The van der Waals surface area contributed by atoms with Gasteiger partial charge in [0.2, 0.25) is 15.9 Å². The fraction of sp³-hybridized carbons (Fsp3) is 0.462. The third-order valence-corrected chi connectivity index (χ3v) is 4.20. The molecule has 0 aliphatic carbocycles. The Morgan fingerprint density at radius 2 is 2.00 bits per heavy atom. The molecule has 5 nitrogen and oxygen atoms in total. The maximum Gasteiger partial charge on any atom is 0.239 e. The molecule has 0 bridgehead atoms. The van der Waals surface area contributed by atoms with Crippen LogP contribution in [0.2, 0.25) is 0 Å². The summed E-state index contributed by atoms with van der Waals surface area (Å²) >= 11 is 0. The van der Waals surface area contributed by atoms with Gasteiger partial charge in [-0.25, -0.2) is 8.42 Å². The summed E-state index contributed by atoms with van der Waals surface area (Å²) in [6.45, 7) is 3.73. The zero-order chi connectivity index (χ0) is 14.6. The molecule has 1 aromatic carbocycles. The molecular weight excluding hydrogens is 264 g/mol. The van der Waals surface area contributed by atoms with E-state index in [1.807, 2.05) is 32.0 Å². The van der Waals surface area contributed by atoms with Crippen LogP contribution in [0.5, 0.6) is 0 Å².